The molecule has 2 aromatic rings. The van der Waals surface area contributed by atoms with Gasteiger partial charge in [-0.2, -0.15) is 4.99 Å². The molecule has 0 atom stereocenters. The lowest BCUT2D eigenvalue weighted by atomic mass is 10.2. The summed E-state index contributed by atoms with van der Waals surface area (Å²) < 4.78 is 0. The maximum atomic E-state index is 4.55. The molecule has 0 unspecified atom stereocenters. The summed E-state index contributed by atoms with van der Waals surface area (Å²) in [6.07, 6.45) is 0. The third-order valence-electron chi connectivity index (χ3n) is 1.82. The number of hydrogen-bond donors (Lipinski definition) is 0. The number of rotatable bonds is 2. The van der Waals surface area contributed by atoms with E-state index in [1.165, 1.54) is 10.4 Å². The second kappa shape index (κ2) is 4.29. The Kier molecular flexibility index (Phi) is 2.84. The van der Waals surface area contributed by atoms with E-state index >= 15 is 0 Å². The molecule has 0 amide bonds. The van der Waals surface area contributed by atoms with Gasteiger partial charge in [0.15, 0.2) is 0 Å². The monoisotopic (exact) mass is 217 g/mol. The second-order valence-corrected chi connectivity index (χ2v) is 3.83. The van der Waals surface area contributed by atoms with Crippen molar-refractivity contribution in [3.05, 3.63) is 41.8 Å². The molecular weight excluding hydrogens is 210 g/mol. The molecule has 0 spiro atoms. The maximum Gasteiger partial charge on any atom is 0.0852 e. The van der Waals surface area contributed by atoms with E-state index < -0.39 is 0 Å². The summed E-state index contributed by atoms with van der Waals surface area (Å²) in [4.78, 5) is 5.13. The molecule has 1 heterocycles. The van der Waals surface area contributed by atoms with Crippen molar-refractivity contribution in [3.8, 4) is 10.4 Å². The summed E-state index contributed by atoms with van der Waals surface area (Å²) in [6, 6.07) is 12.2. The molecule has 0 N–H and O–H groups in total. The molecule has 0 aliphatic carbocycles. The normalized spacial score (nSPS) is 9.43. The average Bonchev–Trinajstić information content (AvgIpc) is 2.68. The summed E-state index contributed by atoms with van der Waals surface area (Å²) in [5.41, 5.74) is 2.09. The Morgan fingerprint density at radius 2 is 2.00 bits per heavy atom. The summed E-state index contributed by atoms with van der Waals surface area (Å²) in [5.74, 6) is 0. The van der Waals surface area contributed by atoms with Gasteiger partial charge in [-0.25, -0.2) is 0 Å². The van der Waals surface area contributed by atoms with Crippen molar-refractivity contribution in [2.24, 2.45) is 4.99 Å². The molecule has 1 nitrogen and oxygen atoms in total. The van der Waals surface area contributed by atoms with Crippen molar-refractivity contribution >= 4 is 34.4 Å². The number of benzene rings is 1. The first-order valence-electron chi connectivity index (χ1n) is 4.12. The molecule has 0 saturated carbocycles. The Labute approximate surface area is 91.7 Å². The van der Waals surface area contributed by atoms with Gasteiger partial charge in [0.2, 0.25) is 0 Å². The highest BCUT2D eigenvalue weighted by Crippen LogP contribution is 2.30. The minimum atomic E-state index is 0.879. The van der Waals surface area contributed by atoms with Crippen LogP contribution in [0.2, 0.25) is 0 Å². The van der Waals surface area contributed by atoms with Crippen LogP contribution in [0.3, 0.4) is 0 Å². The molecule has 2 rings (SSSR count). The maximum absolute atomic E-state index is 4.55. The second-order valence-electron chi connectivity index (χ2n) is 2.74. The quantitative estimate of drug-likeness (QED) is 0.543. The van der Waals surface area contributed by atoms with E-state index in [2.05, 4.69) is 34.5 Å². The van der Waals surface area contributed by atoms with E-state index in [0.717, 1.165) is 5.69 Å². The van der Waals surface area contributed by atoms with Crippen molar-refractivity contribution in [2.75, 3.05) is 0 Å². The Morgan fingerprint density at radius 1 is 1.21 bits per heavy atom. The highest BCUT2D eigenvalue weighted by molar-refractivity contribution is 7.78. The smallest absolute Gasteiger partial charge is 0.0852 e. The van der Waals surface area contributed by atoms with Gasteiger partial charge in [0.1, 0.15) is 0 Å². The Morgan fingerprint density at radius 3 is 2.71 bits per heavy atom. The van der Waals surface area contributed by atoms with Gasteiger partial charge in [-0.15, -0.1) is 11.3 Å². The van der Waals surface area contributed by atoms with Gasteiger partial charge in [-0.3, -0.25) is 0 Å². The van der Waals surface area contributed by atoms with E-state index in [1.807, 2.05) is 29.6 Å². The van der Waals surface area contributed by atoms with Gasteiger partial charge in [0.25, 0.3) is 0 Å². The Hall–Kier alpha value is -1.28. The minimum absolute atomic E-state index is 0.879. The van der Waals surface area contributed by atoms with Gasteiger partial charge in [0, 0.05) is 10.3 Å². The molecule has 68 valence electrons. The number of nitrogens with zero attached hydrogens (tertiary/aromatic N) is 1. The van der Waals surface area contributed by atoms with Crippen LogP contribution >= 0.6 is 23.6 Å². The van der Waals surface area contributed by atoms with Crippen molar-refractivity contribution < 1.29 is 0 Å². The van der Waals surface area contributed by atoms with E-state index in [1.54, 1.807) is 11.3 Å². The van der Waals surface area contributed by atoms with Gasteiger partial charge in [-0.1, -0.05) is 30.3 Å². The molecule has 3 heteroatoms. The SMILES string of the molecule is S=C=Nc1csc(-c2ccccc2)c1. The predicted molar refractivity (Wildman–Crippen MR) is 64.4 cm³/mol. The van der Waals surface area contributed by atoms with E-state index in [9.17, 15) is 0 Å². The van der Waals surface area contributed by atoms with Crippen molar-refractivity contribution in [1.82, 2.24) is 0 Å². The third kappa shape index (κ3) is 1.96. The molecule has 0 aliphatic rings. The van der Waals surface area contributed by atoms with Crippen LogP contribution in [0.1, 0.15) is 0 Å². The first-order valence-corrected chi connectivity index (χ1v) is 5.41. The summed E-state index contributed by atoms with van der Waals surface area (Å²) >= 11 is 6.21. The molecular formula is C11H7NS2. The van der Waals surface area contributed by atoms with E-state index in [-0.39, 0.29) is 0 Å². The zero-order chi connectivity index (χ0) is 9.80. The number of aliphatic imine (C=N–C) groups is 1. The van der Waals surface area contributed by atoms with Gasteiger partial charge in [-0.05, 0) is 23.8 Å². The lowest BCUT2D eigenvalue weighted by Gasteiger charge is -1.93. The summed E-state index contributed by atoms with van der Waals surface area (Å²) in [7, 11) is 0. The highest BCUT2D eigenvalue weighted by Gasteiger charge is 2.00. The first-order chi connectivity index (χ1) is 6.90. The number of hydrogen-bond acceptors (Lipinski definition) is 3. The average molecular weight is 217 g/mol. The molecule has 14 heavy (non-hydrogen) atoms. The van der Waals surface area contributed by atoms with Crippen LogP contribution in [0, 0.1) is 0 Å². The fourth-order valence-corrected chi connectivity index (χ4v) is 2.13. The molecule has 0 saturated heterocycles. The zero-order valence-corrected chi connectivity index (χ0v) is 8.94. The van der Waals surface area contributed by atoms with Gasteiger partial charge < -0.3 is 0 Å². The number of isothiocyanates is 1. The van der Waals surface area contributed by atoms with Crippen LogP contribution in [-0.4, -0.2) is 5.16 Å². The van der Waals surface area contributed by atoms with Crippen molar-refractivity contribution in [1.29, 1.82) is 0 Å². The van der Waals surface area contributed by atoms with E-state index in [4.69, 9.17) is 0 Å². The highest BCUT2D eigenvalue weighted by atomic mass is 32.1. The molecule has 0 aliphatic heterocycles. The zero-order valence-electron chi connectivity index (χ0n) is 7.31. The van der Waals surface area contributed by atoms with Gasteiger partial charge in [0.05, 0.1) is 10.8 Å². The van der Waals surface area contributed by atoms with Crippen LogP contribution in [0.4, 0.5) is 5.69 Å². The lowest BCUT2D eigenvalue weighted by Crippen LogP contribution is -1.67. The third-order valence-corrected chi connectivity index (χ3v) is 2.88. The lowest BCUT2D eigenvalue weighted by molar-refractivity contribution is 1.62. The summed E-state index contributed by atoms with van der Waals surface area (Å²) in [6.45, 7) is 0. The Balaban J connectivity index is 2.39. The summed E-state index contributed by atoms with van der Waals surface area (Å²) in [5, 5.41) is 4.34. The molecule has 0 radical (unpaired) electrons. The number of thiophene rings is 1. The predicted octanol–water partition coefficient (Wildman–Crippen LogP) is 4.15. The Bertz CT molecular complexity index is 467. The van der Waals surface area contributed by atoms with Gasteiger partial charge >= 0.3 is 0 Å². The largest absolute Gasteiger partial charge is 0.194 e. The van der Waals surface area contributed by atoms with E-state index in [0.29, 0.717) is 0 Å². The van der Waals surface area contributed by atoms with Crippen LogP contribution in [-0.2, 0) is 0 Å². The molecule has 1 aromatic heterocycles. The van der Waals surface area contributed by atoms with Crippen molar-refractivity contribution in [3.63, 3.8) is 0 Å². The van der Waals surface area contributed by atoms with Crippen LogP contribution < -0.4 is 0 Å². The first kappa shape index (κ1) is 9.28. The molecule has 0 fully saturated rings. The van der Waals surface area contributed by atoms with Crippen LogP contribution in [0.25, 0.3) is 10.4 Å². The van der Waals surface area contributed by atoms with Crippen LogP contribution in [0.15, 0.2) is 46.8 Å². The fraction of sp³-hybridized carbons (Fsp3) is 0. The van der Waals surface area contributed by atoms with Crippen LogP contribution in [0.5, 0.6) is 0 Å². The van der Waals surface area contributed by atoms with Crippen molar-refractivity contribution in [2.45, 2.75) is 0 Å². The minimum Gasteiger partial charge on any atom is -0.194 e. The standard InChI is InChI=1S/C11H7NS2/c13-8-12-10-6-11(14-7-10)9-4-2-1-3-5-9/h1-7H. The topological polar surface area (TPSA) is 12.4 Å². The molecule has 0 bridgehead atoms. The molecule has 1 aromatic carbocycles. The fourth-order valence-electron chi connectivity index (χ4n) is 1.19. The number of thiocarbonyl (C=S) groups is 1.